The van der Waals surface area contributed by atoms with E-state index in [4.69, 9.17) is 9.40 Å². The lowest BCUT2D eigenvalue weighted by Crippen LogP contribution is -2.84. The van der Waals surface area contributed by atoms with Crippen LogP contribution in [0.5, 0.6) is 0 Å². The first kappa shape index (κ1) is 17.5. The Morgan fingerprint density at radius 1 is 1.19 bits per heavy atom. The highest BCUT2D eigenvalue weighted by molar-refractivity contribution is 7.21. The topological polar surface area (TPSA) is 71.7 Å². The maximum absolute atomic E-state index is 12.1. The second-order valence-corrected chi connectivity index (χ2v) is 7.42. The molecule has 0 fully saturated rings. The Morgan fingerprint density at radius 3 is 2.81 bits per heavy atom. The Kier molecular flexibility index (Phi) is 5.00. The first-order chi connectivity index (χ1) is 13.2. The maximum Gasteiger partial charge on any atom is 0.279 e. The molecular weight excluding hydrogens is 358 g/mol. The highest BCUT2D eigenvalue weighted by atomic mass is 32.1. The van der Waals surface area contributed by atoms with Crippen LogP contribution in [0.3, 0.4) is 0 Å². The highest BCUT2D eigenvalue weighted by Gasteiger charge is 2.09. The van der Waals surface area contributed by atoms with Gasteiger partial charge in [0, 0.05) is 11.3 Å². The Morgan fingerprint density at radius 2 is 2.04 bits per heavy atom. The van der Waals surface area contributed by atoms with E-state index in [0.717, 1.165) is 27.5 Å². The predicted molar refractivity (Wildman–Crippen MR) is 108 cm³/mol. The molecule has 4 rings (SSSR count). The normalized spacial score (nSPS) is 11.0. The number of nitrogens with zero attached hydrogens (tertiary/aromatic N) is 1. The van der Waals surface area contributed by atoms with Crippen molar-refractivity contribution in [3.63, 3.8) is 0 Å². The van der Waals surface area contributed by atoms with Gasteiger partial charge in [0.15, 0.2) is 12.3 Å². The SMILES string of the molecule is Cc1ccc2nc(-c3ccc(NC(=O)C[NH2+]Cc4ccco4)cc3)sc2c1. The molecule has 2 aromatic heterocycles. The molecule has 1 amide bonds. The number of benzene rings is 2. The number of nitrogens with one attached hydrogen (secondary N) is 1. The van der Waals surface area contributed by atoms with E-state index >= 15 is 0 Å². The number of hydrogen-bond acceptors (Lipinski definition) is 4. The van der Waals surface area contributed by atoms with Crippen LogP contribution in [0.1, 0.15) is 11.3 Å². The van der Waals surface area contributed by atoms with Gasteiger partial charge >= 0.3 is 0 Å². The van der Waals surface area contributed by atoms with Crippen molar-refractivity contribution in [1.29, 1.82) is 0 Å². The van der Waals surface area contributed by atoms with Gasteiger partial charge in [-0.05, 0) is 61.0 Å². The molecule has 0 spiro atoms. The second kappa shape index (κ2) is 7.73. The predicted octanol–water partition coefficient (Wildman–Crippen LogP) is 3.57. The van der Waals surface area contributed by atoms with E-state index < -0.39 is 0 Å². The zero-order chi connectivity index (χ0) is 18.6. The van der Waals surface area contributed by atoms with E-state index in [-0.39, 0.29) is 5.91 Å². The van der Waals surface area contributed by atoms with Gasteiger partial charge in [-0.25, -0.2) is 4.98 Å². The number of hydrogen-bond donors (Lipinski definition) is 2. The third kappa shape index (κ3) is 4.24. The summed E-state index contributed by atoms with van der Waals surface area (Å²) in [6.07, 6.45) is 1.64. The minimum Gasteiger partial charge on any atom is -0.463 e. The van der Waals surface area contributed by atoms with Crippen LogP contribution < -0.4 is 10.6 Å². The number of nitrogens with two attached hydrogens (primary N) is 1. The van der Waals surface area contributed by atoms with Crippen molar-refractivity contribution in [2.45, 2.75) is 13.5 Å². The fraction of sp³-hybridized carbons (Fsp3) is 0.143. The molecule has 3 N–H and O–H groups in total. The number of rotatable bonds is 6. The van der Waals surface area contributed by atoms with Gasteiger partial charge in [0.1, 0.15) is 11.6 Å². The Bertz CT molecular complexity index is 1050. The zero-order valence-corrected chi connectivity index (χ0v) is 15.8. The van der Waals surface area contributed by atoms with Gasteiger partial charge in [0.2, 0.25) is 0 Å². The average Bonchev–Trinajstić information content (AvgIpc) is 3.31. The quantitative estimate of drug-likeness (QED) is 0.539. The first-order valence-corrected chi connectivity index (χ1v) is 9.60. The molecule has 0 bridgehead atoms. The van der Waals surface area contributed by atoms with E-state index in [9.17, 15) is 4.79 Å². The Balaban J connectivity index is 1.37. The molecule has 5 nitrogen and oxygen atoms in total. The number of carbonyl (C=O) groups is 1. The molecule has 0 atom stereocenters. The summed E-state index contributed by atoms with van der Waals surface area (Å²) >= 11 is 1.68. The van der Waals surface area contributed by atoms with Crippen LogP contribution in [0.4, 0.5) is 5.69 Å². The molecule has 2 heterocycles. The molecule has 136 valence electrons. The fourth-order valence-electron chi connectivity index (χ4n) is 2.84. The van der Waals surface area contributed by atoms with Crippen molar-refractivity contribution in [1.82, 2.24) is 4.98 Å². The van der Waals surface area contributed by atoms with Crippen LogP contribution in [0.15, 0.2) is 65.3 Å². The largest absolute Gasteiger partial charge is 0.463 e. The summed E-state index contributed by atoms with van der Waals surface area (Å²) in [6, 6.07) is 17.8. The van der Waals surface area contributed by atoms with Gasteiger partial charge in [-0.15, -0.1) is 11.3 Å². The van der Waals surface area contributed by atoms with E-state index in [2.05, 4.69) is 30.4 Å². The van der Waals surface area contributed by atoms with Crippen molar-refractivity contribution in [2.24, 2.45) is 0 Å². The van der Waals surface area contributed by atoms with Crippen molar-refractivity contribution >= 4 is 33.1 Å². The number of aromatic nitrogens is 1. The van der Waals surface area contributed by atoms with Crippen LogP contribution in [-0.4, -0.2) is 17.4 Å². The number of thiazole rings is 1. The van der Waals surface area contributed by atoms with Crippen LogP contribution >= 0.6 is 11.3 Å². The second-order valence-electron chi connectivity index (χ2n) is 6.39. The van der Waals surface area contributed by atoms with Gasteiger partial charge in [-0.2, -0.15) is 0 Å². The van der Waals surface area contributed by atoms with E-state index in [1.54, 1.807) is 17.6 Å². The highest BCUT2D eigenvalue weighted by Crippen LogP contribution is 2.31. The zero-order valence-electron chi connectivity index (χ0n) is 14.9. The molecule has 0 aliphatic carbocycles. The summed E-state index contributed by atoms with van der Waals surface area (Å²) in [4.78, 5) is 16.8. The summed E-state index contributed by atoms with van der Waals surface area (Å²) in [5.41, 5.74) is 4.09. The first-order valence-electron chi connectivity index (χ1n) is 8.79. The lowest BCUT2D eigenvalue weighted by Gasteiger charge is -2.05. The number of quaternary nitrogens is 1. The van der Waals surface area contributed by atoms with Crippen LogP contribution in [0, 0.1) is 6.92 Å². The molecule has 0 aliphatic rings. The Labute approximate surface area is 161 Å². The van der Waals surface area contributed by atoms with Crippen LogP contribution in [0.2, 0.25) is 0 Å². The molecule has 27 heavy (non-hydrogen) atoms. The van der Waals surface area contributed by atoms with Gasteiger partial charge in [-0.3, -0.25) is 4.79 Å². The summed E-state index contributed by atoms with van der Waals surface area (Å²) < 4.78 is 6.44. The third-order valence-corrected chi connectivity index (χ3v) is 5.28. The van der Waals surface area contributed by atoms with Crippen molar-refractivity contribution < 1.29 is 14.5 Å². The standard InChI is InChI=1S/C21H19N3O2S/c1-14-4-9-18-19(11-14)27-21(24-18)15-5-7-16(8-6-15)23-20(25)13-22-12-17-3-2-10-26-17/h2-11,22H,12-13H2,1H3,(H,23,25)/p+1. The van der Waals surface area contributed by atoms with Gasteiger partial charge in [-0.1, -0.05) is 6.07 Å². The van der Waals surface area contributed by atoms with E-state index in [0.29, 0.717) is 13.1 Å². The maximum atomic E-state index is 12.1. The van der Waals surface area contributed by atoms with E-state index in [1.807, 2.05) is 41.7 Å². The monoisotopic (exact) mass is 378 g/mol. The number of carbonyl (C=O) groups excluding carboxylic acids is 1. The van der Waals surface area contributed by atoms with Gasteiger partial charge < -0.3 is 15.1 Å². The fourth-order valence-corrected chi connectivity index (χ4v) is 3.91. The molecular formula is C21H20N3O2S+. The summed E-state index contributed by atoms with van der Waals surface area (Å²) in [5.74, 6) is 0.822. The molecule has 6 heteroatoms. The molecule has 0 unspecified atom stereocenters. The summed E-state index contributed by atoms with van der Waals surface area (Å²) in [7, 11) is 0. The lowest BCUT2D eigenvalue weighted by molar-refractivity contribution is -0.661. The molecule has 0 saturated heterocycles. The van der Waals surface area contributed by atoms with Gasteiger partial charge in [0.25, 0.3) is 5.91 Å². The molecule has 0 saturated carbocycles. The number of aryl methyl sites for hydroxylation is 1. The third-order valence-electron chi connectivity index (χ3n) is 4.21. The average molecular weight is 378 g/mol. The molecule has 2 aromatic carbocycles. The summed E-state index contributed by atoms with van der Waals surface area (Å²) in [5, 5.41) is 5.81. The van der Waals surface area contributed by atoms with E-state index in [1.165, 1.54) is 10.3 Å². The van der Waals surface area contributed by atoms with Crippen LogP contribution in [0.25, 0.3) is 20.8 Å². The van der Waals surface area contributed by atoms with Crippen molar-refractivity contribution in [3.8, 4) is 10.6 Å². The lowest BCUT2D eigenvalue weighted by atomic mass is 10.2. The minimum atomic E-state index is -0.0373. The molecule has 0 aliphatic heterocycles. The number of fused-ring (bicyclic) bond motifs is 1. The van der Waals surface area contributed by atoms with Crippen molar-refractivity contribution in [2.75, 3.05) is 11.9 Å². The number of anilines is 1. The summed E-state index contributed by atoms with van der Waals surface area (Å²) in [6.45, 7) is 3.08. The molecule has 4 aromatic rings. The minimum absolute atomic E-state index is 0.0373. The van der Waals surface area contributed by atoms with Crippen LogP contribution in [-0.2, 0) is 11.3 Å². The van der Waals surface area contributed by atoms with Crippen molar-refractivity contribution in [3.05, 3.63) is 72.2 Å². The smallest absolute Gasteiger partial charge is 0.279 e. The number of amides is 1. The number of furan rings is 1. The van der Waals surface area contributed by atoms with Gasteiger partial charge in [0.05, 0.1) is 16.5 Å². The Hall–Kier alpha value is -2.96. The molecule has 0 radical (unpaired) electrons.